The van der Waals surface area contributed by atoms with E-state index in [1.165, 1.54) is 14.0 Å². The van der Waals surface area contributed by atoms with Crippen LogP contribution in [0.4, 0.5) is 19.0 Å². The minimum Gasteiger partial charge on any atom is -0.494 e. The summed E-state index contributed by atoms with van der Waals surface area (Å²) in [5.74, 6) is 0.186. The van der Waals surface area contributed by atoms with Gasteiger partial charge in [-0.1, -0.05) is 19.1 Å². The van der Waals surface area contributed by atoms with Gasteiger partial charge < -0.3 is 19.7 Å². The highest BCUT2D eigenvalue weighted by Crippen LogP contribution is 2.28. The normalized spacial score (nSPS) is 15.4. The fourth-order valence-electron chi connectivity index (χ4n) is 3.35. The summed E-state index contributed by atoms with van der Waals surface area (Å²) in [5.41, 5.74) is 1.59. The monoisotopic (exact) mass is 481 g/mol. The second-order valence-corrected chi connectivity index (χ2v) is 7.88. The molecule has 0 radical (unpaired) electrons. The lowest BCUT2D eigenvalue weighted by Crippen LogP contribution is -2.40. The van der Waals surface area contributed by atoms with E-state index in [1.54, 1.807) is 19.2 Å². The minimum absolute atomic E-state index is 0.0591. The standard InChI is InChI=1S/C21H24F3N3O2.C3H6O2/c1-15-11-16-6-7-18(29-10-4-9-26-19-5-2-3-8-25-19)12-17(16)13-27(20(15)28)14-21(22,23)24;1-3(4)5-2/h2-3,5-8,12,15H,4,9-11,13-14H2,1H3,(H,25,26);1-2H3. The smallest absolute Gasteiger partial charge is 0.406 e. The first kappa shape index (κ1) is 26.9. The lowest BCUT2D eigenvalue weighted by molar-refractivity contribution is -0.164. The molecule has 1 N–H and O–H groups in total. The highest BCUT2D eigenvalue weighted by atomic mass is 19.4. The third-order valence-electron chi connectivity index (χ3n) is 5.02. The number of benzene rings is 1. The number of carbonyl (C=O) groups is 2. The van der Waals surface area contributed by atoms with Crippen molar-refractivity contribution < 1.29 is 32.2 Å². The van der Waals surface area contributed by atoms with Crippen LogP contribution in [-0.4, -0.2) is 54.7 Å². The van der Waals surface area contributed by atoms with Crippen LogP contribution in [0.5, 0.6) is 5.75 Å². The van der Waals surface area contributed by atoms with Crippen LogP contribution in [0.2, 0.25) is 0 Å². The molecule has 0 fully saturated rings. The van der Waals surface area contributed by atoms with Gasteiger partial charge in [0.05, 0.1) is 13.7 Å². The number of carbonyl (C=O) groups excluding carboxylic acids is 2. The molecule has 1 atom stereocenters. The van der Waals surface area contributed by atoms with Gasteiger partial charge in [0.2, 0.25) is 5.91 Å². The fourth-order valence-corrected chi connectivity index (χ4v) is 3.35. The summed E-state index contributed by atoms with van der Waals surface area (Å²) >= 11 is 0. The summed E-state index contributed by atoms with van der Waals surface area (Å²) in [6.45, 7) is 2.88. The molecule has 0 bridgehead atoms. The number of hydrogen-bond donors (Lipinski definition) is 1. The third-order valence-corrected chi connectivity index (χ3v) is 5.02. The Morgan fingerprint density at radius 1 is 1.24 bits per heavy atom. The Balaban J connectivity index is 0.000000739. The van der Waals surface area contributed by atoms with Crippen LogP contribution < -0.4 is 10.1 Å². The molecule has 34 heavy (non-hydrogen) atoms. The molecule has 1 aliphatic heterocycles. The number of fused-ring (bicyclic) bond motifs is 1. The van der Waals surface area contributed by atoms with Gasteiger partial charge in [0.25, 0.3) is 0 Å². The Hall–Kier alpha value is -3.30. The van der Waals surface area contributed by atoms with Gasteiger partial charge in [0.15, 0.2) is 0 Å². The molecule has 7 nitrogen and oxygen atoms in total. The van der Waals surface area contributed by atoms with Crippen molar-refractivity contribution in [1.82, 2.24) is 9.88 Å². The first-order chi connectivity index (χ1) is 16.1. The van der Waals surface area contributed by atoms with Gasteiger partial charge in [-0.15, -0.1) is 0 Å². The van der Waals surface area contributed by atoms with E-state index in [0.717, 1.165) is 22.7 Å². The first-order valence-corrected chi connectivity index (χ1v) is 10.9. The van der Waals surface area contributed by atoms with Crippen LogP contribution >= 0.6 is 0 Å². The zero-order valence-corrected chi connectivity index (χ0v) is 19.5. The highest BCUT2D eigenvalue weighted by Gasteiger charge is 2.36. The van der Waals surface area contributed by atoms with E-state index in [0.29, 0.717) is 30.9 Å². The van der Waals surface area contributed by atoms with Crippen LogP contribution in [0.15, 0.2) is 42.6 Å². The summed E-state index contributed by atoms with van der Waals surface area (Å²) in [6.07, 6.45) is -1.54. The molecule has 1 aliphatic rings. The van der Waals surface area contributed by atoms with Crippen LogP contribution in [0.1, 0.15) is 31.4 Å². The maximum absolute atomic E-state index is 12.9. The van der Waals surface area contributed by atoms with Gasteiger partial charge in [-0.25, -0.2) is 4.98 Å². The van der Waals surface area contributed by atoms with Crippen LogP contribution in [0.3, 0.4) is 0 Å². The van der Waals surface area contributed by atoms with E-state index in [9.17, 15) is 22.8 Å². The van der Waals surface area contributed by atoms with Crippen LogP contribution in [0, 0.1) is 5.92 Å². The third kappa shape index (κ3) is 9.29. The Morgan fingerprint density at radius 2 is 1.97 bits per heavy atom. The average Bonchev–Trinajstić information content (AvgIpc) is 2.90. The van der Waals surface area contributed by atoms with Crippen molar-refractivity contribution in [1.29, 1.82) is 0 Å². The summed E-state index contributed by atoms with van der Waals surface area (Å²) in [5, 5.41) is 3.18. The molecule has 0 saturated heterocycles. The number of pyridine rings is 1. The molecule has 0 saturated carbocycles. The van der Waals surface area contributed by atoms with Crippen molar-refractivity contribution >= 4 is 17.7 Å². The molecule has 186 valence electrons. The van der Waals surface area contributed by atoms with E-state index < -0.39 is 24.5 Å². The number of amides is 1. The van der Waals surface area contributed by atoms with Gasteiger partial charge >= 0.3 is 12.1 Å². The largest absolute Gasteiger partial charge is 0.494 e. The van der Waals surface area contributed by atoms with Crippen molar-refractivity contribution in [3.63, 3.8) is 0 Å². The number of alkyl halides is 3. The number of anilines is 1. The predicted octanol–water partition coefficient (Wildman–Crippen LogP) is 4.23. The highest BCUT2D eigenvalue weighted by molar-refractivity contribution is 5.79. The SMILES string of the molecule is CC1Cc2ccc(OCCCNc3ccccn3)cc2CN(CC(F)(F)F)C1=O.COC(C)=O. The summed E-state index contributed by atoms with van der Waals surface area (Å²) in [4.78, 5) is 27.0. The van der Waals surface area contributed by atoms with Gasteiger partial charge in [-0.3, -0.25) is 9.59 Å². The van der Waals surface area contributed by atoms with Crippen molar-refractivity contribution in [2.24, 2.45) is 5.92 Å². The molecule has 1 amide bonds. The van der Waals surface area contributed by atoms with Gasteiger partial charge in [0, 0.05) is 32.1 Å². The topological polar surface area (TPSA) is 80.8 Å². The molecular weight excluding hydrogens is 451 g/mol. The molecule has 1 aromatic carbocycles. The number of nitrogens with one attached hydrogen (secondary N) is 1. The molecule has 2 heterocycles. The Labute approximate surface area is 197 Å². The molecule has 2 aromatic rings. The Morgan fingerprint density at radius 3 is 2.59 bits per heavy atom. The predicted molar refractivity (Wildman–Crippen MR) is 121 cm³/mol. The first-order valence-electron chi connectivity index (χ1n) is 10.9. The van der Waals surface area contributed by atoms with Crippen LogP contribution in [-0.2, 0) is 27.3 Å². The summed E-state index contributed by atoms with van der Waals surface area (Å²) < 4.78 is 48.4. The van der Waals surface area contributed by atoms with Gasteiger partial charge in [0.1, 0.15) is 18.1 Å². The number of rotatable bonds is 7. The number of methoxy groups -OCH3 is 1. The van der Waals surface area contributed by atoms with E-state index in [-0.39, 0.29) is 12.5 Å². The molecule has 10 heteroatoms. The quantitative estimate of drug-likeness (QED) is 0.471. The molecule has 1 unspecified atom stereocenters. The van der Waals surface area contributed by atoms with E-state index in [2.05, 4.69) is 15.0 Å². The summed E-state index contributed by atoms with van der Waals surface area (Å²) in [6, 6.07) is 11.0. The van der Waals surface area contributed by atoms with E-state index in [1.807, 2.05) is 30.3 Å². The van der Waals surface area contributed by atoms with Crippen molar-refractivity contribution in [3.8, 4) is 5.75 Å². The Kier molecular flexibility index (Phi) is 10.2. The Bertz CT molecular complexity index is 939. The molecular formula is C24H30F3N3O4. The number of halogens is 3. The number of ether oxygens (including phenoxy) is 2. The molecule has 1 aromatic heterocycles. The average molecular weight is 482 g/mol. The molecule has 3 rings (SSSR count). The number of esters is 1. The zero-order valence-electron chi connectivity index (χ0n) is 19.5. The zero-order chi connectivity index (χ0) is 25.1. The van der Waals surface area contributed by atoms with E-state index >= 15 is 0 Å². The van der Waals surface area contributed by atoms with Crippen molar-refractivity contribution in [3.05, 3.63) is 53.7 Å². The maximum Gasteiger partial charge on any atom is 0.406 e. The number of aromatic nitrogens is 1. The molecule has 0 aliphatic carbocycles. The summed E-state index contributed by atoms with van der Waals surface area (Å²) in [7, 11) is 1.35. The van der Waals surface area contributed by atoms with Gasteiger partial charge in [-0.2, -0.15) is 13.2 Å². The van der Waals surface area contributed by atoms with Gasteiger partial charge in [-0.05, 0) is 48.2 Å². The second kappa shape index (κ2) is 12.8. The fraction of sp³-hybridized carbons (Fsp3) is 0.458. The lowest BCUT2D eigenvalue weighted by Gasteiger charge is -2.24. The van der Waals surface area contributed by atoms with Crippen LogP contribution in [0.25, 0.3) is 0 Å². The number of hydrogen-bond acceptors (Lipinski definition) is 6. The second-order valence-electron chi connectivity index (χ2n) is 7.88. The van der Waals surface area contributed by atoms with Crippen molar-refractivity contribution in [2.45, 2.75) is 39.4 Å². The van der Waals surface area contributed by atoms with E-state index in [4.69, 9.17) is 4.74 Å². The minimum atomic E-state index is -4.42. The lowest BCUT2D eigenvalue weighted by atomic mass is 9.98. The molecule has 0 spiro atoms. The number of nitrogens with zero attached hydrogens (tertiary/aromatic N) is 2. The van der Waals surface area contributed by atoms with Crippen molar-refractivity contribution in [2.75, 3.05) is 32.1 Å². The maximum atomic E-state index is 12.9.